The number of rotatable bonds is 2. The number of allylic oxidation sites excluding steroid dienone is 4. The van der Waals surface area contributed by atoms with Crippen molar-refractivity contribution < 1.29 is 22.6 Å². The van der Waals surface area contributed by atoms with Crippen molar-refractivity contribution >= 4 is 5.57 Å². The van der Waals surface area contributed by atoms with E-state index in [0.717, 1.165) is 6.07 Å². The zero-order valence-electron chi connectivity index (χ0n) is 12.3. The number of fused-ring (bicyclic) bond motifs is 1. The Morgan fingerprint density at radius 2 is 2.00 bits per heavy atom. The second-order valence-corrected chi connectivity index (χ2v) is 5.28. The first-order valence-corrected chi connectivity index (χ1v) is 7.28. The van der Waals surface area contributed by atoms with Gasteiger partial charge in [0.05, 0.1) is 5.56 Å². The molecule has 0 bridgehead atoms. The SMILES string of the molecule is NC[C@H]1COC2=CCC=CC(c3ccccc3C(F)(F)F)=C2O1. The van der Waals surface area contributed by atoms with E-state index in [1.165, 1.54) is 12.1 Å². The highest BCUT2D eigenvalue weighted by Gasteiger charge is 2.35. The van der Waals surface area contributed by atoms with Gasteiger partial charge in [-0.3, -0.25) is 0 Å². The molecular formula is C17H16F3NO2. The molecule has 0 saturated carbocycles. The third kappa shape index (κ3) is 3.12. The second kappa shape index (κ2) is 6.12. The quantitative estimate of drug-likeness (QED) is 0.904. The molecule has 1 fully saturated rings. The predicted molar refractivity (Wildman–Crippen MR) is 80.1 cm³/mol. The van der Waals surface area contributed by atoms with Gasteiger partial charge < -0.3 is 15.2 Å². The van der Waals surface area contributed by atoms with E-state index in [1.54, 1.807) is 24.3 Å². The van der Waals surface area contributed by atoms with Gasteiger partial charge in [0.1, 0.15) is 12.7 Å². The van der Waals surface area contributed by atoms with Crippen LogP contribution in [0.2, 0.25) is 0 Å². The largest absolute Gasteiger partial charge is 0.486 e. The van der Waals surface area contributed by atoms with Crippen LogP contribution < -0.4 is 5.73 Å². The van der Waals surface area contributed by atoms with Crippen molar-refractivity contribution in [3.63, 3.8) is 0 Å². The minimum absolute atomic E-state index is 0.0697. The number of benzene rings is 1. The smallest absolute Gasteiger partial charge is 0.417 e. The number of halogens is 3. The molecule has 122 valence electrons. The molecule has 1 aliphatic heterocycles. The molecule has 23 heavy (non-hydrogen) atoms. The lowest BCUT2D eigenvalue weighted by Gasteiger charge is -2.29. The van der Waals surface area contributed by atoms with Crippen molar-refractivity contribution in [2.75, 3.05) is 13.2 Å². The molecule has 2 N–H and O–H groups in total. The maximum Gasteiger partial charge on any atom is 0.417 e. The fourth-order valence-corrected chi connectivity index (χ4v) is 2.58. The van der Waals surface area contributed by atoms with E-state index in [9.17, 15) is 13.2 Å². The van der Waals surface area contributed by atoms with Crippen LogP contribution >= 0.6 is 0 Å². The topological polar surface area (TPSA) is 44.5 Å². The molecule has 3 nitrogen and oxygen atoms in total. The zero-order valence-corrected chi connectivity index (χ0v) is 12.3. The van der Waals surface area contributed by atoms with Crippen LogP contribution in [-0.2, 0) is 15.7 Å². The number of hydrogen-bond acceptors (Lipinski definition) is 3. The highest BCUT2D eigenvalue weighted by Crippen LogP contribution is 2.39. The summed E-state index contributed by atoms with van der Waals surface area (Å²) >= 11 is 0. The first-order valence-electron chi connectivity index (χ1n) is 7.28. The first-order chi connectivity index (χ1) is 11.0. The zero-order chi connectivity index (χ0) is 16.4. The van der Waals surface area contributed by atoms with E-state index in [1.807, 2.05) is 0 Å². The maximum absolute atomic E-state index is 13.3. The monoisotopic (exact) mass is 323 g/mol. The van der Waals surface area contributed by atoms with Gasteiger partial charge in [-0.2, -0.15) is 13.2 Å². The summed E-state index contributed by atoms with van der Waals surface area (Å²) in [4.78, 5) is 0. The Morgan fingerprint density at radius 3 is 2.74 bits per heavy atom. The van der Waals surface area contributed by atoms with Crippen molar-refractivity contribution in [1.29, 1.82) is 0 Å². The molecule has 1 aromatic carbocycles. The van der Waals surface area contributed by atoms with Crippen molar-refractivity contribution in [2.24, 2.45) is 5.73 Å². The molecule has 2 aliphatic rings. The summed E-state index contributed by atoms with van der Waals surface area (Å²) in [5.74, 6) is 0.781. The Balaban J connectivity index is 2.16. The number of ether oxygens (including phenoxy) is 2. The van der Waals surface area contributed by atoms with Gasteiger partial charge in [0.25, 0.3) is 0 Å². The van der Waals surface area contributed by atoms with Crippen LogP contribution in [0.25, 0.3) is 5.57 Å². The van der Waals surface area contributed by atoms with Crippen molar-refractivity contribution in [2.45, 2.75) is 18.7 Å². The third-order valence-corrected chi connectivity index (χ3v) is 3.69. The summed E-state index contributed by atoms with van der Waals surface area (Å²) in [6.45, 7) is 0.523. The molecule has 1 aromatic rings. The summed E-state index contributed by atoms with van der Waals surface area (Å²) in [6.07, 6.45) is 0.962. The predicted octanol–water partition coefficient (Wildman–Crippen LogP) is 3.63. The van der Waals surface area contributed by atoms with Crippen LogP contribution in [0.3, 0.4) is 0 Å². The van der Waals surface area contributed by atoms with Crippen molar-refractivity contribution in [3.05, 3.63) is 65.1 Å². The minimum Gasteiger partial charge on any atom is -0.486 e. The van der Waals surface area contributed by atoms with Crippen molar-refractivity contribution in [1.82, 2.24) is 0 Å². The standard InChI is InChI=1S/C17H16F3NO2/c18-17(19,20)14-7-3-1-5-12(14)13-6-2-4-8-15-16(13)23-11(9-21)10-22-15/h1-3,5-8,11H,4,9-10,21H2/t11-/m0/s1. The molecule has 0 unspecified atom stereocenters. The van der Waals surface area contributed by atoms with Crippen molar-refractivity contribution in [3.8, 4) is 0 Å². The lowest BCUT2D eigenvalue weighted by atomic mass is 9.97. The Morgan fingerprint density at radius 1 is 1.22 bits per heavy atom. The molecule has 1 atom stereocenters. The molecule has 0 amide bonds. The summed E-state index contributed by atoms with van der Waals surface area (Å²) in [7, 11) is 0. The van der Waals surface area contributed by atoms with Crippen LogP contribution in [0.15, 0.2) is 54.0 Å². The average molecular weight is 323 g/mol. The van der Waals surface area contributed by atoms with Gasteiger partial charge in [-0.25, -0.2) is 0 Å². The fourth-order valence-electron chi connectivity index (χ4n) is 2.58. The Labute approximate surface area is 131 Å². The molecule has 1 heterocycles. The van der Waals surface area contributed by atoms with Crippen LogP contribution in [0, 0.1) is 0 Å². The van der Waals surface area contributed by atoms with E-state index in [-0.39, 0.29) is 18.2 Å². The summed E-state index contributed by atoms with van der Waals surface area (Å²) in [5, 5.41) is 0. The van der Waals surface area contributed by atoms with Gasteiger partial charge >= 0.3 is 6.18 Å². The Kier molecular flexibility index (Phi) is 4.17. The number of alkyl halides is 3. The van der Waals surface area contributed by atoms with E-state index < -0.39 is 11.7 Å². The first kappa shape index (κ1) is 15.7. The molecule has 1 aliphatic carbocycles. The summed E-state index contributed by atoms with van der Waals surface area (Å²) in [5.41, 5.74) is 5.33. The lowest BCUT2D eigenvalue weighted by molar-refractivity contribution is -0.137. The van der Waals surface area contributed by atoms with Gasteiger partial charge in [-0.15, -0.1) is 0 Å². The fraction of sp³-hybridized carbons (Fsp3) is 0.294. The normalized spacial score (nSPS) is 21.0. The van der Waals surface area contributed by atoms with Crippen LogP contribution in [0.5, 0.6) is 0 Å². The second-order valence-electron chi connectivity index (χ2n) is 5.28. The highest BCUT2D eigenvalue weighted by atomic mass is 19.4. The van der Waals surface area contributed by atoms with Crippen LogP contribution in [0.4, 0.5) is 13.2 Å². The van der Waals surface area contributed by atoms with Crippen LogP contribution in [-0.4, -0.2) is 19.3 Å². The molecule has 0 spiro atoms. The third-order valence-electron chi connectivity index (χ3n) is 3.69. The van der Waals surface area contributed by atoms with Gasteiger partial charge in [-0.05, 0) is 24.1 Å². The Bertz CT molecular complexity index is 689. The van der Waals surface area contributed by atoms with Gasteiger partial charge in [0, 0.05) is 12.1 Å². The molecule has 3 rings (SSSR count). The highest BCUT2D eigenvalue weighted by molar-refractivity contribution is 5.80. The van der Waals surface area contributed by atoms with Gasteiger partial charge in [0.15, 0.2) is 11.5 Å². The molecule has 6 heteroatoms. The summed E-state index contributed by atoms with van der Waals surface area (Å²) in [6, 6.07) is 5.45. The Hall–Kier alpha value is -2.21. The average Bonchev–Trinajstić information content (AvgIpc) is 2.75. The minimum atomic E-state index is -4.45. The van der Waals surface area contributed by atoms with E-state index in [2.05, 4.69) is 0 Å². The molecule has 0 aromatic heterocycles. The lowest BCUT2D eigenvalue weighted by Crippen LogP contribution is -2.33. The van der Waals surface area contributed by atoms with E-state index in [0.29, 0.717) is 30.1 Å². The molecule has 1 saturated heterocycles. The van der Waals surface area contributed by atoms with Crippen LogP contribution in [0.1, 0.15) is 17.5 Å². The maximum atomic E-state index is 13.3. The number of nitrogens with two attached hydrogens (primary N) is 1. The summed E-state index contributed by atoms with van der Waals surface area (Å²) < 4.78 is 51.4. The van der Waals surface area contributed by atoms with E-state index in [4.69, 9.17) is 15.2 Å². The van der Waals surface area contributed by atoms with Gasteiger partial charge in [-0.1, -0.05) is 30.4 Å². The van der Waals surface area contributed by atoms with E-state index >= 15 is 0 Å². The molecular weight excluding hydrogens is 307 g/mol. The van der Waals surface area contributed by atoms with Gasteiger partial charge in [0.2, 0.25) is 0 Å². The number of hydrogen-bond donors (Lipinski definition) is 1. The molecule has 0 radical (unpaired) electrons.